The number of hydrogen-bond acceptors (Lipinski definition) is 2. The van der Waals surface area contributed by atoms with Gasteiger partial charge in [0.25, 0.3) is 0 Å². The summed E-state index contributed by atoms with van der Waals surface area (Å²) >= 11 is 0. The third-order valence-electron chi connectivity index (χ3n) is 0. The van der Waals surface area contributed by atoms with Crippen LogP contribution in [0.2, 0.25) is 0 Å². The summed E-state index contributed by atoms with van der Waals surface area (Å²) in [4.78, 5) is 14.3. The molecule has 7 heteroatoms. The summed E-state index contributed by atoms with van der Waals surface area (Å²) in [5.41, 5.74) is 0. The molecule has 0 aromatic rings. The van der Waals surface area contributed by atoms with Gasteiger partial charge in [-0.25, -0.2) is 0 Å². The molecule has 0 unspecified atom stereocenters. The van der Waals surface area contributed by atoms with Gasteiger partial charge < -0.3 is 24.1 Å². The molecule has 0 rings (SSSR count). The molecule has 0 aliphatic carbocycles. The Labute approximate surface area is 75.1 Å². The van der Waals surface area contributed by atoms with Crippen molar-refractivity contribution in [1.29, 1.82) is 0 Å². The summed E-state index contributed by atoms with van der Waals surface area (Å²) in [6, 6.07) is 0. The van der Waals surface area contributed by atoms with Gasteiger partial charge in [-0.05, 0) is 0 Å². The summed E-state index contributed by atoms with van der Waals surface area (Å²) in [5, 5.41) is 0. The Morgan fingerprint density at radius 1 is 1.43 bits per heavy atom. The quantitative estimate of drug-likeness (QED) is 0.336. The van der Waals surface area contributed by atoms with Crippen LogP contribution in [0.3, 0.4) is 0 Å². The van der Waals surface area contributed by atoms with Crippen LogP contribution in [0.4, 0.5) is 0 Å². The molecule has 0 aliphatic rings. The molecule has 0 aromatic carbocycles. The Balaban J connectivity index is -0.00000000450. The van der Waals surface area contributed by atoms with Crippen LogP contribution < -0.4 is 6.15 Å². The predicted molar refractivity (Wildman–Crippen MR) is 27.5 cm³/mol. The minimum Gasteiger partial charge on any atom is -1.00 e. The van der Waals surface area contributed by atoms with Crippen molar-refractivity contribution in [2.24, 2.45) is 0 Å². The Kier molecular flexibility index (Phi) is 56.6. The maximum Gasteiger partial charge on any atom is 2.00 e. The molecule has 0 bridgehead atoms. The first-order valence-corrected chi connectivity index (χ1v) is 1.95. The van der Waals surface area contributed by atoms with Crippen LogP contribution in [0.1, 0.15) is 2.85 Å². The Bertz CT molecular complexity index is 41.5. The molecule has 5 nitrogen and oxygen atoms in total. The normalized spacial score (nSPS) is 3.43. The second-order valence-corrected chi connectivity index (χ2v) is 0.848. The first-order chi connectivity index (χ1) is 1.73. The van der Waals surface area contributed by atoms with Crippen LogP contribution in [-0.4, -0.2) is 62.0 Å². The van der Waals surface area contributed by atoms with E-state index < -0.39 is 9.17 Å². The standard InChI is InChI=1S/Ca.H3N.H2O3Si.H2O.2H/c;;1-4(2)3;;;/h;1H3;1-2H;1H2;;/q+2;;;;2*-1. The molecule has 0 saturated carbocycles. The molecular weight excluding hydrogens is 146 g/mol. The smallest absolute Gasteiger partial charge is 1.00 e. The third-order valence-corrected chi connectivity index (χ3v) is 0. The minimum absolute atomic E-state index is 0. The van der Waals surface area contributed by atoms with Crippen LogP contribution in [0.25, 0.3) is 0 Å². The molecule has 0 atom stereocenters. The van der Waals surface area contributed by atoms with Crippen molar-refractivity contribution < 1.29 is 22.4 Å². The molecule has 44 valence electrons. The maximum atomic E-state index is 8.74. The molecule has 0 fully saturated rings. The van der Waals surface area contributed by atoms with Gasteiger partial charge in [0.05, 0.1) is 0 Å². The van der Waals surface area contributed by atoms with Gasteiger partial charge in [0.15, 0.2) is 0 Å². The van der Waals surface area contributed by atoms with E-state index in [0.29, 0.717) is 0 Å². The first kappa shape index (κ1) is 25.0. The van der Waals surface area contributed by atoms with Gasteiger partial charge in [0.1, 0.15) is 0 Å². The van der Waals surface area contributed by atoms with E-state index in [0.717, 1.165) is 0 Å². The van der Waals surface area contributed by atoms with Gasteiger partial charge in [0, 0.05) is 0 Å². The summed E-state index contributed by atoms with van der Waals surface area (Å²) in [6.07, 6.45) is 0. The van der Waals surface area contributed by atoms with Crippen LogP contribution in [0, 0.1) is 0 Å². The van der Waals surface area contributed by atoms with Crippen molar-refractivity contribution in [1.82, 2.24) is 6.15 Å². The van der Waals surface area contributed by atoms with E-state index in [4.69, 9.17) is 14.1 Å². The molecule has 0 amide bonds. The summed E-state index contributed by atoms with van der Waals surface area (Å²) in [6.45, 7) is 0. The Morgan fingerprint density at radius 3 is 1.43 bits per heavy atom. The Morgan fingerprint density at radius 2 is 1.43 bits per heavy atom. The van der Waals surface area contributed by atoms with Gasteiger partial charge in [-0.3, -0.25) is 4.46 Å². The van der Waals surface area contributed by atoms with Gasteiger partial charge >= 0.3 is 46.9 Å². The molecule has 0 aromatic heterocycles. The van der Waals surface area contributed by atoms with E-state index in [1.807, 2.05) is 0 Å². The van der Waals surface area contributed by atoms with Gasteiger partial charge in [0.2, 0.25) is 0 Å². The summed E-state index contributed by atoms with van der Waals surface area (Å²) in [7, 11) is -3.13. The molecule has 7 heavy (non-hydrogen) atoms. The van der Waals surface area contributed by atoms with Crippen LogP contribution in [0.5, 0.6) is 0 Å². The molecule has 0 radical (unpaired) electrons. The number of hydrogen-bond donors (Lipinski definition) is 3. The van der Waals surface area contributed by atoms with Crippen molar-refractivity contribution >= 4 is 46.9 Å². The second kappa shape index (κ2) is 15.8. The fourth-order valence-electron chi connectivity index (χ4n) is 0. The zero-order chi connectivity index (χ0) is 3.58. The third kappa shape index (κ3) is 246. The molecule has 0 saturated heterocycles. The zero-order valence-electron chi connectivity index (χ0n) is 5.72. The SMILES string of the molecule is N.O.O=[Si](O)O.[Ca+2].[H-].[H-]. The summed E-state index contributed by atoms with van der Waals surface area (Å²) < 4.78 is 8.74. The van der Waals surface area contributed by atoms with Crippen molar-refractivity contribution in [3.63, 3.8) is 0 Å². The van der Waals surface area contributed by atoms with Gasteiger partial charge in [-0.1, -0.05) is 0 Å². The van der Waals surface area contributed by atoms with Crippen LogP contribution in [-0.2, 0) is 4.46 Å². The fraction of sp³-hybridized carbons (Fsp3) is 0. The van der Waals surface area contributed by atoms with Gasteiger partial charge in [-0.2, -0.15) is 0 Å². The van der Waals surface area contributed by atoms with E-state index in [1.54, 1.807) is 0 Å². The second-order valence-electron chi connectivity index (χ2n) is 0.283. The Hall–Kier alpha value is 0.797. The molecular formula is H9CaNO4Si. The van der Waals surface area contributed by atoms with Gasteiger partial charge in [-0.15, -0.1) is 0 Å². The van der Waals surface area contributed by atoms with Crippen LogP contribution >= 0.6 is 0 Å². The average molecular weight is 155 g/mol. The monoisotopic (exact) mass is 155 g/mol. The predicted octanol–water partition coefficient (Wildman–Crippen LogP) is -2.43. The van der Waals surface area contributed by atoms with E-state index in [1.165, 1.54) is 0 Å². The van der Waals surface area contributed by atoms with Crippen molar-refractivity contribution in [3.05, 3.63) is 0 Å². The molecule has 0 aliphatic heterocycles. The van der Waals surface area contributed by atoms with Crippen molar-refractivity contribution in [2.75, 3.05) is 0 Å². The van der Waals surface area contributed by atoms with Crippen LogP contribution in [0.15, 0.2) is 0 Å². The summed E-state index contributed by atoms with van der Waals surface area (Å²) in [5.74, 6) is 0. The fourth-order valence-corrected chi connectivity index (χ4v) is 0. The minimum atomic E-state index is -3.13. The molecule has 0 heterocycles. The molecule has 0 spiro atoms. The van der Waals surface area contributed by atoms with Crippen molar-refractivity contribution in [2.45, 2.75) is 0 Å². The topological polar surface area (TPSA) is 124 Å². The average Bonchev–Trinajstić information content (AvgIpc) is 0.811. The van der Waals surface area contributed by atoms with E-state index in [-0.39, 0.29) is 52.2 Å². The number of rotatable bonds is 0. The largest absolute Gasteiger partial charge is 2.00 e. The first-order valence-electron chi connectivity index (χ1n) is 0.651. The van der Waals surface area contributed by atoms with E-state index >= 15 is 0 Å². The van der Waals surface area contributed by atoms with Crippen molar-refractivity contribution in [3.8, 4) is 0 Å². The maximum absolute atomic E-state index is 8.74. The molecule has 7 N–H and O–H groups in total. The van der Waals surface area contributed by atoms with E-state index in [9.17, 15) is 0 Å². The van der Waals surface area contributed by atoms with E-state index in [2.05, 4.69) is 0 Å². The zero-order valence-corrected chi connectivity index (χ0v) is 6.93.